The molecule has 0 spiro atoms. The molecular weight excluding hydrogens is 140 g/mol. The Kier molecular flexibility index (Phi) is 19.2. The van der Waals surface area contributed by atoms with Crippen molar-refractivity contribution in [1.29, 1.82) is 0 Å². The highest BCUT2D eigenvalue weighted by Crippen LogP contribution is 1.80. The van der Waals surface area contributed by atoms with Crippen molar-refractivity contribution in [1.82, 2.24) is 5.43 Å². The van der Waals surface area contributed by atoms with Crippen LogP contribution in [0.3, 0.4) is 0 Å². The van der Waals surface area contributed by atoms with Crippen LogP contribution >= 0.6 is 0 Å². The summed E-state index contributed by atoms with van der Waals surface area (Å²) in [4.78, 5) is 9.32. The fraction of sp³-hybridized carbons (Fsp3) is 1.00. The Morgan fingerprint density at radius 1 is 1.09 bits per heavy atom. The monoisotopic (exact) mass is 160 g/mol. The van der Waals surface area contributed by atoms with Crippen molar-refractivity contribution < 1.29 is 0 Å². The number of unbranched alkanes of at least 4 members (excludes halogenated alkanes) is 2. The molecule has 68 valence electrons. The molecule has 0 heterocycles. The van der Waals surface area contributed by atoms with Gasteiger partial charge < -0.3 is 0 Å². The van der Waals surface area contributed by atoms with E-state index in [1.165, 1.54) is 12.8 Å². The van der Waals surface area contributed by atoms with Crippen molar-refractivity contribution in [3.8, 4) is 0 Å². The van der Waals surface area contributed by atoms with Crippen LogP contribution in [0, 0.1) is 4.91 Å². The van der Waals surface area contributed by atoms with E-state index in [0.717, 1.165) is 12.8 Å². The normalized spacial score (nSPS) is 7.91. The molecule has 0 unspecified atom stereocenters. The standard InChI is InChI=1S/C4H10N2O.C4H10/c1-2-3-4-5-6-7;1-3-4-2/h2-4H2,1H3,(H,5,7);3-4H2,1-2H3. The maximum absolute atomic E-state index is 9.32. The van der Waals surface area contributed by atoms with E-state index >= 15 is 0 Å². The second-order valence-electron chi connectivity index (χ2n) is 2.35. The third kappa shape index (κ3) is 26.6. The number of rotatable bonds is 5. The van der Waals surface area contributed by atoms with Crippen LogP contribution in [0.4, 0.5) is 0 Å². The molecular formula is C8H20N2O. The summed E-state index contributed by atoms with van der Waals surface area (Å²) in [6.07, 6.45) is 4.76. The van der Waals surface area contributed by atoms with Gasteiger partial charge in [0.25, 0.3) is 0 Å². The minimum Gasteiger partial charge on any atom is -0.274 e. The van der Waals surface area contributed by atoms with E-state index in [0.29, 0.717) is 6.54 Å². The number of hydrogen-bond acceptors (Lipinski definition) is 2. The molecule has 3 heteroatoms. The summed E-state index contributed by atoms with van der Waals surface area (Å²) in [6.45, 7) is 7.13. The van der Waals surface area contributed by atoms with Gasteiger partial charge in [-0.2, -0.15) is 0 Å². The fourth-order valence-corrected chi connectivity index (χ4v) is 0.301. The Morgan fingerprint density at radius 3 is 1.91 bits per heavy atom. The van der Waals surface area contributed by atoms with Crippen LogP contribution in [0.25, 0.3) is 0 Å². The number of nitroso groups, excluding NO2 is 1. The minimum atomic E-state index is 0.708. The Morgan fingerprint density at radius 2 is 1.64 bits per heavy atom. The highest BCUT2D eigenvalue weighted by Gasteiger charge is 1.77. The van der Waals surface area contributed by atoms with Gasteiger partial charge >= 0.3 is 0 Å². The molecule has 0 radical (unpaired) electrons. The van der Waals surface area contributed by atoms with E-state index in [1.54, 1.807) is 0 Å². The molecule has 0 aliphatic carbocycles. The van der Waals surface area contributed by atoms with E-state index in [9.17, 15) is 4.91 Å². The zero-order chi connectivity index (χ0) is 8.95. The highest BCUT2D eigenvalue weighted by molar-refractivity contribution is 4.36. The summed E-state index contributed by atoms with van der Waals surface area (Å²) in [5, 5.41) is 2.47. The van der Waals surface area contributed by atoms with Crippen LogP contribution in [0.1, 0.15) is 46.5 Å². The van der Waals surface area contributed by atoms with Gasteiger partial charge in [0.05, 0.1) is 0 Å². The molecule has 0 saturated heterocycles. The topological polar surface area (TPSA) is 41.5 Å². The smallest absolute Gasteiger partial charge is 0.0496 e. The lowest BCUT2D eigenvalue weighted by molar-refractivity contribution is 0.667. The molecule has 3 nitrogen and oxygen atoms in total. The zero-order valence-electron chi connectivity index (χ0n) is 7.89. The number of nitrogens with one attached hydrogen (secondary N) is 1. The SMILES string of the molecule is CCCC.CCCCNN=O. The van der Waals surface area contributed by atoms with Crippen LogP contribution in [-0.2, 0) is 0 Å². The molecule has 0 aromatic carbocycles. The number of nitrogens with zero attached hydrogens (tertiary/aromatic N) is 1. The molecule has 1 N–H and O–H groups in total. The van der Waals surface area contributed by atoms with Crippen molar-refractivity contribution in [2.75, 3.05) is 6.54 Å². The number of hydrogen-bond donors (Lipinski definition) is 1. The molecule has 0 aliphatic rings. The van der Waals surface area contributed by atoms with Crippen LogP contribution in [-0.4, -0.2) is 6.54 Å². The predicted molar refractivity (Wildman–Crippen MR) is 49.3 cm³/mol. The first-order chi connectivity index (χ1) is 5.33. The molecule has 0 aromatic heterocycles. The van der Waals surface area contributed by atoms with Gasteiger partial charge in [-0.05, 0) is 6.42 Å². The van der Waals surface area contributed by atoms with Crippen molar-refractivity contribution >= 4 is 0 Å². The zero-order valence-corrected chi connectivity index (χ0v) is 7.89. The summed E-state index contributed by atoms with van der Waals surface area (Å²) in [5.74, 6) is 0. The average Bonchev–Trinajstić information content (AvgIpc) is 2.06. The first-order valence-corrected chi connectivity index (χ1v) is 4.38. The van der Waals surface area contributed by atoms with Gasteiger partial charge in [-0.3, -0.25) is 5.43 Å². The van der Waals surface area contributed by atoms with Gasteiger partial charge in [0.1, 0.15) is 0 Å². The van der Waals surface area contributed by atoms with Crippen molar-refractivity contribution in [3.63, 3.8) is 0 Å². The van der Waals surface area contributed by atoms with Crippen molar-refractivity contribution in [2.45, 2.75) is 46.5 Å². The largest absolute Gasteiger partial charge is 0.274 e. The van der Waals surface area contributed by atoms with Gasteiger partial charge in [0, 0.05) is 11.8 Å². The lowest BCUT2D eigenvalue weighted by Crippen LogP contribution is -2.04. The van der Waals surface area contributed by atoms with Crippen LogP contribution < -0.4 is 5.43 Å². The summed E-state index contributed by atoms with van der Waals surface area (Å²) < 4.78 is 0. The first kappa shape index (κ1) is 13.0. The van der Waals surface area contributed by atoms with E-state index in [4.69, 9.17) is 0 Å². The molecule has 0 amide bonds. The van der Waals surface area contributed by atoms with Gasteiger partial charge in [0.2, 0.25) is 0 Å². The van der Waals surface area contributed by atoms with Gasteiger partial charge in [-0.1, -0.05) is 40.0 Å². The lowest BCUT2D eigenvalue weighted by Gasteiger charge is -1.89. The van der Waals surface area contributed by atoms with Crippen LogP contribution in [0.5, 0.6) is 0 Å². The predicted octanol–water partition coefficient (Wildman–Crippen LogP) is 2.86. The maximum Gasteiger partial charge on any atom is 0.0496 e. The quantitative estimate of drug-likeness (QED) is 0.381. The molecule has 0 bridgehead atoms. The lowest BCUT2D eigenvalue weighted by atomic mass is 10.3. The third-order valence-corrected chi connectivity index (χ3v) is 1.21. The van der Waals surface area contributed by atoms with Crippen molar-refractivity contribution in [3.05, 3.63) is 4.91 Å². The van der Waals surface area contributed by atoms with Crippen LogP contribution in [0.2, 0.25) is 0 Å². The van der Waals surface area contributed by atoms with Gasteiger partial charge in [-0.25, -0.2) is 0 Å². The Balaban J connectivity index is 0. The third-order valence-electron chi connectivity index (χ3n) is 1.21. The Labute approximate surface area is 69.5 Å². The van der Waals surface area contributed by atoms with Gasteiger partial charge in [-0.15, -0.1) is 4.91 Å². The summed E-state index contributed by atoms with van der Waals surface area (Å²) in [7, 11) is 0. The average molecular weight is 160 g/mol. The minimum absolute atomic E-state index is 0.708. The van der Waals surface area contributed by atoms with Crippen LogP contribution in [0.15, 0.2) is 5.29 Å². The Bertz CT molecular complexity index is 65.1. The summed E-state index contributed by atoms with van der Waals surface area (Å²) in [5.41, 5.74) is 2.32. The fourth-order valence-electron chi connectivity index (χ4n) is 0.301. The highest BCUT2D eigenvalue weighted by atomic mass is 16.3. The molecule has 0 aromatic rings. The summed E-state index contributed by atoms with van der Waals surface area (Å²) in [6, 6.07) is 0. The Hall–Kier alpha value is -0.600. The second-order valence-corrected chi connectivity index (χ2v) is 2.35. The molecule has 0 saturated carbocycles. The molecule has 11 heavy (non-hydrogen) atoms. The molecule has 0 atom stereocenters. The van der Waals surface area contributed by atoms with E-state index in [-0.39, 0.29) is 0 Å². The van der Waals surface area contributed by atoms with E-state index in [2.05, 4.69) is 31.5 Å². The van der Waals surface area contributed by atoms with Crippen molar-refractivity contribution in [2.24, 2.45) is 5.29 Å². The van der Waals surface area contributed by atoms with Gasteiger partial charge in [0.15, 0.2) is 0 Å². The first-order valence-electron chi connectivity index (χ1n) is 4.38. The van der Waals surface area contributed by atoms with E-state index < -0.39 is 0 Å². The molecule has 0 fully saturated rings. The second kappa shape index (κ2) is 16.2. The molecule has 0 rings (SSSR count). The van der Waals surface area contributed by atoms with E-state index in [1.807, 2.05) is 0 Å². The molecule has 0 aliphatic heterocycles. The maximum atomic E-state index is 9.32. The summed E-state index contributed by atoms with van der Waals surface area (Å²) >= 11 is 0.